The molecule has 174 valence electrons. The zero-order chi connectivity index (χ0) is 23.1. The zero-order valence-electron chi connectivity index (χ0n) is 18.5. The molecule has 0 aliphatic carbocycles. The summed E-state index contributed by atoms with van der Waals surface area (Å²) in [5.74, 6) is -1.46. The number of pyridine rings is 1. The number of aliphatic carboxylic acids is 1. The lowest BCUT2D eigenvalue weighted by molar-refractivity contribution is -0.137. The molecule has 34 heavy (non-hydrogen) atoms. The van der Waals surface area contributed by atoms with E-state index in [-0.39, 0.29) is 30.7 Å². The Bertz CT molecular complexity index is 1460. The molecule has 4 aromatic rings. The molecule has 0 unspecified atom stereocenters. The summed E-state index contributed by atoms with van der Waals surface area (Å²) in [5.41, 5.74) is 4.48. The van der Waals surface area contributed by atoms with Crippen LogP contribution in [0.25, 0.3) is 27.4 Å². The molecule has 0 fully saturated rings. The fraction of sp³-hybridized carbons (Fsp3) is 0.192. The first-order valence-electron chi connectivity index (χ1n) is 10.8. The second-order valence-electron chi connectivity index (χ2n) is 8.22. The van der Waals surface area contributed by atoms with E-state index in [1.807, 2.05) is 43.3 Å². The van der Waals surface area contributed by atoms with Crippen LogP contribution in [0.1, 0.15) is 28.2 Å². The lowest BCUT2D eigenvalue weighted by Gasteiger charge is -2.26. The number of hydrogen-bond acceptors (Lipinski definition) is 3. The molecule has 0 saturated heterocycles. The fourth-order valence-corrected chi connectivity index (χ4v) is 4.63. The van der Waals surface area contributed by atoms with Crippen molar-refractivity contribution in [2.75, 3.05) is 13.1 Å². The van der Waals surface area contributed by atoms with Crippen molar-refractivity contribution in [1.82, 2.24) is 14.5 Å². The number of fused-ring (bicyclic) bond motifs is 2. The standard InChI is InChI=1S/C26H22FN3O3.ClH/c1-16-25(20-14-19(27)7-9-23(20)30(16)15-24(31)32)18-10-12-29(13-11-18)26(33)22-8-6-17-4-2-3-5-21(17)28-22;/h2-10,14H,11-13,15H2,1H3,(H,31,32);1H. The second-order valence-corrected chi connectivity index (χ2v) is 8.22. The van der Waals surface area contributed by atoms with Gasteiger partial charge < -0.3 is 14.6 Å². The van der Waals surface area contributed by atoms with E-state index in [0.717, 1.165) is 27.7 Å². The third kappa shape index (κ3) is 4.15. The number of rotatable bonds is 4. The van der Waals surface area contributed by atoms with Crippen LogP contribution >= 0.6 is 12.4 Å². The quantitative estimate of drug-likeness (QED) is 0.443. The van der Waals surface area contributed by atoms with Crippen LogP contribution in [0.4, 0.5) is 4.39 Å². The summed E-state index contributed by atoms with van der Waals surface area (Å²) < 4.78 is 15.7. The molecule has 1 aliphatic rings. The van der Waals surface area contributed by atoms with E-state index in [0.29, 0.717) is 36.1 Å². The van der Waals surface area contributed by atoms with Gasteiger partial charge in [0.15, 0.2) is 0 Å². The molecule has 0 spiro atoms. The Morgan fingerprint density at radius 3 is 2.65 bits per heavy atom. The van der Waals surface area contributed by atoms with Gasteiger partial charge in [-0.1, -0.05) is 30.3 Å². The maximum atomic E-state index is 14.0. The Labute approximate surface area is 201 Å². The van der Waals surface area contributed by atoms with Crippen molar-refractivity contribution in [3.63, 3.8) is 0 Å². The van der Waals surface area contributed by atoms with Gasteiger partial charge in [-0.05, 0) is 49.2 Å². The fourth-order valence-electron chi connectivity index (χ4n) is 4.63. The number of hydrogen-bond donors (Lipinski definition) is 1. The van der Waals surface area contributed by atoms with Crippen molar-refractivity contribution < 1.29 is 19.1 Å². The van der Waals surface area contributed by atoms with Crippen LogP contribution in [-0.4, -0.2) is 44.5 Å². The van der Waals surface area contributed by atoms with Crippen molar-refractivity contribution in [2.24, 2.45) is 0 Å². The van der Waals surface area contributed by atoms with Crippen molar-refractivity contribution in [3.8, 4) is 0 Å². The minimum atomic E-state index is -0.955. The van der Waals surface area contributed by atoms with Crippen molar-refractivity contribution in [1.29, 1.82) is 0 Å². The van der Waals surface area contributed by atoms with Crippen LogP contribution in [0.5, 0.6) is 0 Å². The molecule has 1 amide bonds. The van der Waals surface area contributed by atoms with Gasteiger partial charge in [-0.2, -0.15) is 0 Å². The summed E-state index contributed by atoms with van der Waals surface area (Å²) in [5, 5.41) is 11.0. The highest BCUT2D eigenvalue weighted by molar-refractivity contribution is 5.98. The number of amides is 1. The number of carbonyl (C=O) groups is 2. The third-order valence-corrected chi connectivity index (χ3v) is 6.21. The Kier molecular flexibility index (Phi) is 6.39. The molecular formula is C26H23ClFN3O3. The number of carboxylic acid groups (broad SMARTS) is 1. The zero-order valence-corrected chi connectivity index (χ0v) is 19.3. The maximum Gasteiger partial charge on any atom is 0.323 e. The number of nitrogens with zero attached hydrogens (tertiary/aromatic N) is 3. The van der Waals surface area contributed by atoms with Gasteiger partial charge in [0.05, 0.1) is 5.52 Å². The average Bonchev–Trinajstić information content (AvgIpc) is 3.08. The largest absolute Gasteiger partial charge is 0.480 e. The number of carboxylic acids is 1. The summed E-state index contributed by atoms with van der Waals surface area (Å²) in [6.45, 7) is 2.57. The first-order chi connectivity index (χ1) is 15.9. The Hall–Kier alpha value is -3.71. The Balaban J connectivity index is 0.00000274. The van der Waals surface area contributed by atoms with Gasteiger partial charge in [0.1, 0.15) is 18.1 Å². The smallest absolute Gasteiger partial charge is 0.323 e. The first kappa shape index (κ1) is 23.4. The molecule has 1 N–H and O–H groups in total. The Morgan fingerprint density at radius 2 is 1.91 bits per heavy atom. The van der Waals surface area contributed by atoms with Crippen molar-refractivity contribution in [3.05, 3.63) is 83.4 Å². The molecule has 8 heteroatoms. The Morgan fingerprint density at radius 1 is 1.12 bits per heavy atom. The second kappa shape index (κ2) is 9.27. The lowest BCUT2D eigenvalue weighted by atomic mass is 9.96. The molecule has 3 heterocycles. The van der Waals surface area contributed by atoms with E-state index >= 15 is 0 Å². The van der Waals surface area contributed by atoms with E-state index in [4.69, 9.17) is 0 Å². The van der Waals surface area contributed by atoms with Gasteiger partial charge in [0.25, 0.3) is 5.91 Å². The minimum absolute atomic E-state index is 0. The van der Waals surface area contributed by atoms with Crippen LogP contribution < -0.4 is 0 Å². The monoisotopic (exact) mass is 479 g/mol. The first-order valence-corrected chi connectivity index (χ1v) is 10.8. The van der Waals surface area contributed by atoms with E-state index in [2.05, 4.69) is 4.98 Å². The van der Waals surface area contributed by atoms with Crippen LogP contribution in [0.3, 0.4) is 0 Å². The van der Waals surface area contributed by atoms with E-state index in [1.165, 1.54) is 12.1 Å². The molecule has 1 aliphatic heterocycles. The minimum Gasteiger partial charge on any atom is -0.480 e. The predicted octanol–water partition coefficient (Wildman–Crippen LogP) is 5.07. The molecule has 6 nitrogen and oxygen atoms in total. The number of carbonyl (C=O) groups excluding carboxylic acids is 1. The van der Waals surface area contributed by atoms with Crippen molar-refractivity contribution >= 4 is 51.7 Å². The number of benzene rings is 2. The highest BCUT2D eigenvalue weighted by Gasteiger charge is 2.24. The highest BCUT2D eigenvalue weighted by Crippen LogP contribution is 2.35. The molecule has 5 rings (SSSR count). The summed E-state index contributed by atoms with van der Waals surface area (Å²) in [6, 6.07) is 15.7. The summed E-state index contributed by atoms with van der Waals surface area (Å²) in [7, 11) is 0. The van der Waals surface area contributed by atoms with E-state index in [9.17, 15) is 19.1 Å². The topological polar surface area (TPSA) is 75.4 Å². The van der Waals surface area contributed by atoms with Gasteiger partial charge in [-0.25, -0.2) is 9.37 Å². The molecule has 0 radical (unpaired) electrons. The van der Waals surface area contributed by atoms with Crippen LogP contribution in [0, 0.1) is 12.7 Å². The predicted molar refractivity (Wildman–Crippen MR) is 132 cm³/mol. The molecule has 0 atom stereocenters. The molecule has 2 aromatic carbocycles. The summed E-state index contributed by atoms with van der Waals surface area (Å²) in [6.07, 6.45) is 2.56. The number of para-hydroxylation sites is 1. The van der Waals surface area contributed by atoms with Crippen LogP contribution in [0.2, 0.25) is 0 Å². The molecule has 0 bridgehead atoms. The van der Waals surface area contributed by atoms with Gasteiger partial charge in [-0.15, -0.1) is 12.4 Å². The summed E-state index contributed by atoms with van der Waals surface area (Å²) >= 11 is 0. The normalized spacial score (nSPS) is 13.6. The maximum absolute atomic E-state index is 14.0. The van der Waals surface area contributed by atoms with Gasteiger partial charge in [0, 0.05) is 40.6 Å². The van der Waals surface area contributed by atoms with E-state index in [1.54, 1.807) is 21.6 Å². The van der Waals surface area contributed by atoms with Gasteiger partial charge >= 0.3 is 5.97 Å². The summed E-state index contributed by atoms with van der Waals surface area (Å²) in [4.78, 5) is 30.7. The SMILES string of the molecule is Cc1c(C2=CCN(C(=O)c3ccc4ccccc4n3)CC2)c2cc(F)ccc2n1CC(=O)O.Cl. The third-order valence-electron chi connectivity index (χ3n) is 6.21. The lowest BCUT2D eigenvalue weighted by Crippen LogP contribution is -2.35. The van der Waals surface area contributed by atoms with Crippen LogP contribution in [-0.2, 0) is 11.3 Å². The van der Waals surface area contributed by atoms with Crippen molar-refractivity contribution in [2.45, 2.75) is 19.9 Å². The average molecular weight is 480 g/mol. The number of halogens is 2. The molecule has 2 aromatic heterocycles. The number of aromatic nitrogens is 2. The molecular weight excluding hydrogens is 457 g/mol. The molecule has 0 saturated carbocycles. The highest BCUT2D eigenvalue weighted by atomic mass is 35.5. The van der Waals surface area contributed by atoms with Gasteiger partial charge in [-0.3, -0.25) is 9.59 Å². The van der Waals surface area contributed by atoms with Crippen LogP contribution in [0.15, 0.2) is 60.7 Å². The van der Waals surface area contributed by atoms with E-state index < -0.39 is 5.97 Å². The van der Waals surface area contributed by atoms with Gasteiger partial charge in [0.2, 0.25) is 0 Å².